The quantitative estimate of drug-likeness (QED) is 0.180. The lowest BCUT2D eigenvalue weighted by molar-refractivity contribution is -0.00275. The third-order valence-electron chi connectivity index (χ3n) is 13.7. The Morgan fingerprint density at radius 1 is 0.385 bits per heavy atom. The zero-order valence-electron chi connectivity index (χ0n) is 30.8. The van der Waals surface area contributed by atoms with Gasteiger partial charge in [-0.15, -0.1) is 0 Å². The molecule has 0 radical (unpaired) electrons. The van der Waals surface area contributed by atoms with E-state index in [2.05, 4.69) is 90.1 Å². The van der Waals surface area contributed by atoms with E-state index in [0.717, 1.165) is 56.9 Å². The second-order valence-electron chi connectivity index (χ2n) is 17.0. The zero-order valence-corrected chi connectivity index (χ0v) is 30.8. The van der Waals surface area contributed by atoms with Crippen molar-refractivity contribution in [2.24, 2.45) is 22.7 Å². The van der Waals surface area contributed by atoms with Crippen LogP contribution < -0.4 is 0 Å². The van der Waals surface area contributed by atoms with Crippen LogP contribution in [0.1, 0.15) is 101 Å². The van der Waals surface area contributed by atoms with Crippen molar-refractivity contribution in [3.63, 3.8) is 0 Å². The molecule has 0 saturated heterocycles. The molecule has 0 amide bonds. The van der Waals surface area contributed by atoms with Gasteiger partial charge in [-0.2, -0.15) is 0 Å². The standard InChI is InChI=1S/C46H44N6/c1-25-29-23-31(45(29,3)4)27-19-21-41(51-43(25)27)39-17-9-15-37(49-39)35-13-7-11-33(47-35)34-12-8-14-36(48-34)38-16-10-18-40(50-38)42-22-20-28-32-24-30(46(32,5)6)26(2)44(28)52-42/h7-22,25-26,29-32H,23-24H2,1-6H3/t25-,26-,29+,30+,31-,32-/m0/s1. The van der Waals surface area contributed by atoms with Crippen LogP contribution in [0, 0.1) is 22.7 Å². The van der Waals surface area contributed by atoms with E-state index in [4.69, 9.17) is 29.9 Å². The highest BCUT2D eigenvalue weighted by molar-refractivity contribution is 5.68. The number of pyridine rings is 6. The molecule has 52 heavy (non-hydrogen) atoms. The highest BCUT2D eigenvalue weighted by atomic mass is 14.9. The Morgan fingerprint density at radius 2 is 0.654 bits per heavy atom. The van der Waals surface area contributed by atoms with Gasteiger partial charge in [0.05, 0.1) is 56.9 Å². The SMILES string of the molecule is C[C@@H]1c2nc(-c3cccc(-c4cccc(-c5cccc(-c6cccc(-c7ccc8c(n7)[C@@H](C)[C@H]7C[C@@H]8C7(C)C)n6)n5)n4)n3)ccc2[C@@H]2C[C@H]1C2(C)C. The Morgan fingerprint density at radius 3 is 0.923 bits per heavy atom. The van der Waals surface area contributed by atoms with Crippen LogP contribution in [0.5, 0.6) is 0 Å². The molecule has 6 nitrogen and oxygen atoms in total. The summed E-state index contributed by atoms with van der Waals surface area (Å²) in [6.07, 6.45) is 2.56. The average molecular weight is 681 g/mol. The predicted octanol–water partition coefficient (Wildman–Crippen LogP) is 10.9. The third kappa shape index (κ3) is 4.62. The van der Waals surface area contributed by atoms with Gasteiger partial charge < -0.3 is 0 Å². The first-order valence-electron chi connectivity index (χ1n) is 19.0. The van der Waals surface area contributed by atoms with Crippen molar-refractivity contribution in [3.8, 4) is 56.9 Å². The Bertz CT molecular complexity index is 2240. The van der Waals surface area contributed by atoms with Gasteiger partial charge in [0.1, 0.15) is 0 Å². The summed E-state index contributed by atoms with van der Waals surface area (Å²) in [6, 6.07) is 33.3. The lowest BCUT2D eigenvalue weighted by Gasteiger charge is -2.59. The van der Waals surface area contributed by atoms with Crippen molar-refractivity contribution in [2.75, 3.05) is 0 Å². The summed E-state index contributed by atoms with van der Waals surface area (Å²) in [5, 5.41) is 0. The molecule has 2 saturated carbocycles. The Kier molecular flexibility index (Phi) is 6.81. The Labute approximate surface area is 306 Å². The number of aromatic nitrogens is 6. The van der Waals surface area contributed by atoms with Crippen LogP contribution in [0.25, 0.3) is 56.9 Å². The summed E-state index contributed by atoms with van der Waals surface area (Å²) in [5.41, 5.74) is 14.5. The molecule has 2 fully saturated rings. The second kappa shape index (κ2) is 11.2. The summed E-state index contributed by atoms with van der Waals surface area (Å²) in [4.78, 5) is 30.7. The summed E-state index contributed by atoms with van der Waals surface area (Å²) in [7, 11) is 0. The van der Waals surface area contributed by atoms with E-state index in [0.29, 0.717) is 46.3 Å². The molecule has 6 atom stereocenters. The Balaban J connectivity index is 0.929. The second-order valence-corrected chi connectivity index (χ2v) is 17.0. The molecule has 0 aliphatic heterocycles. The largest absolute Gasteiger partial charge is 0.251 e. The van der Waals surface area contributed by atoms with Crippen molar-refractivity contribution in [1.82, 2.24) is 29.9 Å². The number of hydrogen-bond acceptors (Lipinski definition) is 6. The minimum atomic E-state index is 0.357. The molecule has 6 heterocycles. The lowest BCUT2D eigenvalue weighted by atomic mass is 9.45. The van der Waals surface area contributed by atoms with Gasteiger partial charge in [0.25, 0.3) is 0 Å². The van der Waals surface area contributed by atoms with Crippen molar-refractivity contribution in [2.45, 2.75) is 78.1 Å². The molecular weight excluding hydrogens is 637 g/mol. The molecule has 6 aromatic rings. The summed E-state index contributed by atoms with van der Waals surface area (Å²) >= 11 is 0. The summed E-state index contributed by atoms with van der Waals surface area (Å²) in [6.45, 7) is 14.4. The molecule has 0 aromatic carbocycles. The van der Waals surface area contributed by atoms with Gasteiger partial charge in [-0.05, 0) is 119 Å². The highest BCUT2D eigenvalue weighted by Crippen LogP contribution is 2.67. The number of rotatable bonds is 5. The highest BCUT2D eigenvalue weighted by Gasteiger charge is 2.57. The van der Waals surface area contributed by atoms with Crippen LogP contribution in [0.4, 0.5) is 0 Å². The molecular formula is C46H44N6. The molecule has 0 spiro atoms. The minimum absolute atomic E-state index is 0.357. The van der Waals surface area contributed by atoms with Crippen LogP contribution in [0.3, 0.4) is 0 Å². The molecule has 4 bridgehead atoms. The first-order valence-corrected chi connectivity index (χ1v) is 19.0. The first kappa shape index (κ1) is 31.6. The van der Waals surface area contributed by atoms with Crippen LogP contribution >= 0.6 is 0 Å². The van der Waals surface area contributed by atoms with Crippen LogP contribution in [-0.4, -0.2) is 29.9 Å². The molecule has 6 heteroatoms. The Hall–Kier alpha value is -5.10. The monoisotopic (exact) mass is 680 g/mol. The molecule has 12 rings (SSSR count). The smallest absolute Gasteiger partial charge is 0.0894 e. The van der Waals surface area contributed by atoms with E-state index in [1.54, 1.807) is 0 Å². The van der Waals surface area contributed by atoms with E-state index in [1.165, 1.54) is 35.4 Å². The van der Waals surface area contributed by atoms with E-state index in [-0.39, 0.29) is 0 Å². The maximum absolute atomic E-state index is 5.20. The fourth-order valence-corrected chi connectivity index (χ4v) is 10.5. The van der Waals surface area contributed by atoms with Gasteiger partial charge >= 0.3 is 0 Å². The van der Waals surface area contributed by atoms with Gasteiger partial charge in [-0.25, -0.2) is 19.9 Å². The molecule has 6 aliphatic rings. The van der Waals surface area contributed by atoms with Crippen molar-refractivity contribution < 1.29 is 0 Å². The molecule has 258 valence electrons. The molecule has 0 unspecified atom stereocenters. The number of hydrogen-bond donors (Lipinski definition) is 0. The fourth-order valence-electron chi connectivity index (χ4n) is 10.5. The lowest BCUT2D eigenvalue weighted by Crippen LogP contribution is -2.50. The topological polar surface area (TPSA) is 77.3 Å². The van der Waals surface area contributed by atoms with Gasteiger partial charge in [0, 0.05) is 23.2 Å². The van der Waals surface area contributed by atoms with Gasteiger partial charge in [0.15, 0.2) is 0 Å². The fraction of sp³-hybridized carbons (Fsp3) is 0.348. The van der Waals surface area contributed by atoms with Gasteiger partial charge in [-0.3, -0.25) is 9.97 Å². The normalized spacial score (nSPS) is 25.7. The van der Waals surface area contributed by atoms with Crippen LogP contribution in [-0.2, 0) is 0 Å². The first-order chi connectivity index (χ1) is 25.1. The van der Waals surface area contributed by atoms with Crippen molar-refractivity contribution in [3.05, 3.63) is 120 Å². The molecule has 0 N–H and O–H groups in total. The van der Waals surface area contributed by atoms with E-state index < -0.39 is 0 Å². The van der Waals surface area contributed by atoms with Gasteiger partial charge in [0.2, 0.25) is 0 Å². The van der Waals surface area contributed by atoms with Crippen LogP contribution in [0.15, 0.2) is 97.1 Å². The zero-order chi connectivity index (χ0) is 35.5. The molecule has 6 aliphatic carbocycles. The van der Waals surface area contributed by atoms with E-state index >= 15 is 0 Å². The minimum Gasteiger partial charge on any atom is -0.251 e. The number of nitrogens with zero attached hydrogens (tertiary/aromatic N) is 6. The van der Waals surface area contributed by atoms with Gasteiger partial charge in [-0.1, -0.05) is 77.9 Å². The maximum Gasteiger partial charge on any atom is 0.0894 e. The summed E-state index contributed by atoms with van der Waals surface area (Å²) in [5.74, 6) is 3.52. The van der Waals surface area contributed by atoms with Crippen molar-refractivity contribution >= 4 is 0 Å². The maximum atomic E-state index is 5.20. The van der Waals surface area contributed by atoms with Crippen LogP contribution in [0.2, 0.25) is 0 Å². The molecule has 6 aromatic heterocycles. The average Bonchev–Trinajstić information content (AvgIpc) is 3.17. The summed E-state index contributed by atoms with van der Waals surface area (Å²) < 4.78 is 0. The predicted molar refractivity (Wildman–Crippen MR) is 206 cm³/mol. The van der Waals surface area contributed by atoms with E-state index in [1.807, 2.05) is 48.5 Å². The third-order valence-corrected chi connectivity index (χ3v) is 13.7. The van der Waals surface area contributed by atoms with Crippen molar-refractivity contribution in [1.29, 1.82) is 0 Å². The van der Waals surface area contributed by atoms with E-state index in [9.17, 15) is 0 Å².